The number of pyridine rings is 1. The largest absolute Gasteiger partial charge is 0.744 e. The Kier molecular flexibility index (Phi) is 7.15. The molecule has 0 fully saturated rings. The average molecular weight is 485 g/mol. The molecule has 5 nitrogen and oxygen atoms in total. The maximum Gasteiger partial charge on any atom is 0.169 e. The van der Waals surface area contributed by atoms with E-state index in [1.165, 1.54) is 45.1 Å². The fourth-order valence-electron chi connectivity index (χ4n) is 4.04. The molecule has 0 N–H and O–H groups in total. The topological polar surface area (TPSA) is 66.0 Å². The molecule has 0 aliphatic heterocycles. The summed E-state index contributed by atoms with van der Waals surface area (Å²) in [7, 11) is -2.24. The lowest BCUT2D eigenvalue weighted by Gasteiger charge is -2.05. The van der Waals surface area contributed by atoms with Gasteiger partial charge in [-0.2, -0.15) is 0 Å². The van der Waals surface area contributed by atoms with E-state index in [0.29, 0.717) is 0 Å². The van der Waals surface area contributed by atoms with E-state index < -0.39 is 10.1 Å². The van der Waals surface area contributed by atoms with Crippen molar-refractivity contribution < 1.29 is 17.5 Å². The number of para-hydroxylation sites is 1. The number of fused-ring (bicyclic) bond motifs is 3. The Morgan fingerprint density at radius 3 is 2.11 bits per heavy atom. The molecule has 0 atom stereocenters. The maximum atomic E-state index is 10.4. The van der Waals surface area contributed by atoms with Gasteiger partial charge in [-0.1, -0.05) is 54.1 Å². The van der Waals surface area contributed by atoms with Crippen molar-refractivity contribution in [2.24, 2.45) is 7.05 Å². The Hall–Kier alpha value is -3.74. The van der Waals surface area contributed by atoms with Crippen LogP contribution in [0.25, 0.3) is 34.0 Å². The van der Waals surface area contributed by atoms with Crippen molar-refractivity contribution in [2.75, 3.05) is 0 Å². The van der Waals surface area contributed by atoms with Crippen molar-refractivity contribution in [1.29, 1.82) is 0 Å². The van der Waals surface area contributed by atoms with Gasteiger partial charge in [0.15, 0.2) is 12.4 Å². The van der Waals surface area contributed by atoms with E-state index in [9.17, 15) is 13.0 Å². The molecule has 2 aromatic heterocycles. The molecular formula is C29H28N2O3S. The number of hydrogen-bond acceptors (Lipinski definition) is 3. The van der Waals surface area contributed by atoms with Crippen LogP contribution in [0.2, 0.25) is 0 Å². The molecule has 0 saturated carbocycles. The highest BCUT2D eigenvalue weighted by molar-refractivity contribution is 7.85. The highest BCUT2D eigenvalue weighted by atomic mass is 32.2. The number of aryl methyl sites for hydroxylation is 3. The maximum absolute atomic E-state index is 10.4. The smallest absolute Gasteiger partial charge is 0.169 e. The lowest BCUT2D eigenvalue weighted by molar-refractivity contribution is -0.671. The fourth-order valence-corrected chi connectivity index (χ4v) is 4.51. The molecule has 2 heterocycles. The van der Waals surface area contributed by atoms with E-state index in [0.717, 1.165) is 12.1 Å². The van der Waals surface area contributed by atoms with E-state index in [-0.39, 0.29) is 4.90 Å². The quantitative estimate of drug-likeness (QED) is 0.242. The molecular weight excluding hydrogens is 456 g/mol. The van der Waals surface area contributed by atoms with Crippen LogP contribution in [0.3, 0.4) is 0 Å². The minimum Gasteiger partial charge on any atom is -0.744 e. The minimum atomic E-state index is -4.27. The lowest BCUT2D eigenvalue weighted by atomic mass is 10.1. The molecule has 0 bridgehead atoms. The van der Waals surface area contributed by atoms with Crippen LogP contribution in [-0.4, -0.2) is 17.5 Å². The van der Waals surface area contributed by atoms with Crippen LogP contribution < -0.4 is 4.57 Å². The summed E-state index contributed by atoms with van der Waals surface area (Å²) in [5.74, 6) is 0. The summed E-state index contributed by atoms with van der Waals surface area (Å²) in [5, 5.41) is 2.66. The van der Waals surface area contributed by atoms with Crippen LogP contribution in [0.5, 0.6) is 0 Å². The average Bonchev–Trinajstić information content (AvgIpc) is 3.17. The van der Waals surface area contributed by atoms with Crippen LogP contribution in [0.1, 0.15) is 23.6 Å². The summed E-state index contributed by atoms with van der Waals surface area (Å²) in [6.07, 6.45) is 8.49. The second kappa shape index (κ2) is 10.3. The Bertz CT molecular complexity index is 1600. The van der Waals surface area contributed by atoms with Crippen molar-refractivity contribution in [3.8, 4) is 0 Å². The Morgan fingerprint density at radius 2 is 1.46 bits per heavy atom. The highest BCUT2D eigenvalue weighted by Gasteiger charge is 2.08. The van der Waals surface area contributed by atoms with Crippen LogP contribution in [0, 0.1) is 6.92 Å². The first kappa shape index (κ1) is 24.4. The van der Waals surface area contributed by atoms with Gasteiger partial charge in [0.05, 0.1) is 4.90 Å². The zero-order chi connectivity index (χ0) is 25.0. The molecule has 6 heteroatoms. The van der Waals surface area contributed by atoms with Gasteiger partial charge in [-0.25, -0.2) is 13.0 Å². The minimum absolute atomic E-state index is 0.178. The molecule has 0 aliphatic carbocycles. The third-order valence-corrected chi connectivity index (χ3v) is 6.74. The molecule has 0 radical (unpaired) electrons. The van der Waals surface area contributed by atoms with Gasteiger partial charge in [0.25, 0.3) is 0 Å². The Balaban J connectivity index is 0.000000221. The van der Waals surface area contributed by atoms with E-state index in [4.69, 9.17) is 0 Å². The van der Waals surface area contributed by atoms with Crippen LogP contribution >= 0.6 is 0 Å². The summed E-state index contributed by atoms with van der Waals surface area (Å²) in [6.45, 7) is 5.01. The molecule has 0 unspecified atom stereocenters. The van der Waals surface area contributed by atoms with Gasteiger partial charge < -0.3 is 9.12 Å². The summed E-state index contributed by atoms with van der Waals surface area (Å²) < 4.78 is 35.6. The van der Waals surface area contributed by atoms with Gasteiger partial charge in [-0.3, -0.25) is 0 Å². The monoisotopic (exact) mass is 484 g/mol. The molecule has 178 valence electrons. The lowest BCUT2D eigenvalue weighted by Crippen LogP contribution is -2.25. The van der Waals surface area contributed by atoms with Crippen molar-refractivity contribution in [3.63, 3.8) is 0 Å². The normalized spacial score (nSPS) is 11.7. The summed E-state index contributed by atoms with van der Waals surface area (Å²) in [4.78, 5) is -0.178. The van der Waals surface area contributed by atoms with Gasteiger partial charge in [0, 0.05) is 40.5 Å². The molecule has 0 aliphatic rings. The molecule has 5 aromatic rings. The summed E-state index contributed by atoms with van der Waals surface area (Å²) >= 11 is 0. The third kappa shape index (κ3) is 5.67. The van der Waals surface area contributed by atoms with E-state index in [1.807, 2.05) is 18.5 Å². The van der Waals surface area contributed by atoms with E-state index in [2.05, 4.69) is 90.6 Å². The first-order valence-corrected chi connectivity index (χ1v) is 12.8. The van der Waals surface area contributed by atoms with Crippen LogP contribution in [-0.2, 0) is 23.7 Å². The van der Waals surface area contributed by atoms with Crippen molar-refractivity contribution in [1.82, 2.24) is 4.57 Å². The van der Waals surface area contributed by atoms with Crippen LogP contribution in [0.4, 0.5) is 0 Å². The fraction of sp³-hybridized carbons (Fsp3) is 0.138. The SMILES string of the molecule is CCn1c2ccccc2c2cc(/C=C/c3cc[n+](C)cc3)ccc21.Cc1ccc(S(=O)(=O)[O-])cc1. The van der Waals surface area contributed by atoms with Crippen molar-refractivity contribution >= 4 is 44.1 Å². The zero-order valence-electron chi connectivity index (χ0n) is 20.0. The Labute approximate surface area is 206 Å². The number of aromatic nitrogens is 2. The van der Waals surface area contributed by atoms with Gasteiger partial charge >= 0.3 is 0 Å². The third-order valence-electron chi connectivity index (χ3n) is 5.89. The van der Waals surface area contributed by atoms with Crippen molar-refractivity contribution in [3.05, 3.63) is 108 Å². The first-order valence-electron chi connectivity index (χ1n) is 11.4. The summed E-state index contributed by atoms with van der Waals surface area (Å²) in [6, 6.07) is 25.4. The van der Waals surface area contributed by atoms with Gasteiger partial charge in [-0.15, -0.1) is 0 Å². The molecule has 0 saturated heterocycles. The van der Waals surface area contributed by atoms with Crippen LogP contribution in [0.15, 0.2) is 96.2 Å². The second-order valence-electron chi connectivity index (χ2n) is 8.44. The second-order valence-corrected chi connectivity index (χ2v) is 9.82. The molecule has 35 heavy (non-hydrogen) atoms. The molecule has 5 rings (SSSR count). The number of rotatable bonds is 4. The number of benzene rings is 3. The molecule has 0 amide bonds. The molecule has 0 spiro atoms. The molecule has 3 aromatic carbocycles. The van der Waals surface area contributed by atoms with Gasteiger partial charge in [0.1, 0.15) is 17.2 Å². The predicted molar refractivity (Wildman–Crippen MR) is 141 cm³/mol. The van der Waals surface area contributed by atoms with Crippen molar-refractivity contribution in [2.45, 2.75) is 25.3 Å². The van der Waals surface area contributed by atoms with Gasteiger partial charge in [0.2, 0.25) is 0 Å². The van der Waals surface area contributed by atoms with Gasteiger partial charge in [-0.05, 0) is 55.3 Å². The Morgan fingerprint density at radius 1 is 0.829 bits per heavy atom. The number of nitrogens with zero attached hydrogens (tertiary/aromatic N) is 2. The summed E-state index contributed by atoms with van der Waals surface area (Å²) in [5.41, 5.74) is 5.99. The predicted octanol–water partition coefficient (Wildman–Crippen LogP) is 5.71. The zero-order valence-corrected chi connectivity index (χ0v) is 20.9. The van der Waals surface area contributed by atoms with E-state index >= 15 is 0 Å². The highest BCUT2D eigenvalue weighted by Crippen LogP contribution is 2.30. The van der Waals surface area contributed by atoms with E-state index in [1.54, 1.807) is 12.1 Å². The standard InChI is InChI=1S/C22H21N2.C7H8O3S/c1-3-24-21-7-5-4-6-19(21)20-16-18(10-11-22(20)24)9-8-17-12-14-23(2)15-13-17;1-6-2-4-7(5-3-6)11(8,9)10/h4-16H,3H2,1-2H3;2-5H,1H3,(H,8,9,10)/q+1;/p-1. The first-order chi connectivity index (χ1) is 16.8. The number of hydrogen-bond donors (Lipinski definition) is 0.